The van der Waals surface area contributed by atoms with E-state index in [1.54, 1.807) is 12.4 Å². The molecule has 0 aliphatic carbocycles. The molecule has 0 amide bonds. The number of imidazole rings is 1. The van der Waals surface area contributed by atoms with Gasteiger partial charge in [-0.1, -0.05) is 36.4 Å². The molecule has 17 heavy (non-hydrogen) atoms. The maximum Gasteiger partial charge on any atom is 0.151 e. The molecule has 0 radical (unpaired) electrons. The maximum atomic E-state index is 13.5. The highest BCUT2D eigenvalue weighted by molar-refractivity contribution is 5.75. The van der Waals surface area contributed by atoms with Gasteiger partial charge in [-0.05, 0) is 17.7 Å². The van der Waals surface area contributed by atoms with Gasteiger partial charge in [0.05, 0.1) is 11.8 Å². The summed E-state index contributed by atoms with van der Waals surface area (Å²) >= 11 is 0. The summed E-state index contributed by atoms with van der Waals surface area (Å²) in [6.45, 7) is 0.709. The molecule has 0 bridgehead atoms. The monoisotopic (exact) mass is 226 g/mol. The van der Waals surface area contributed by atoms with E-state index in [4.69, 9.17) is 0 Å². The lowest BCUT2D eigenvalue weighted by Gasteiger charge is -2.04. The van der Waals surface area contributed by atoms with Crippen molar-refractivity contribution in [2.75, 3.05) is 0 Å². The van der Waals surface area contributed by atoms with Crippen LogP contribution in [0.15, 0.2) is 54.9 Å². The van der Waals surface area contributed by atoms with E-state index in [0.717, 1.165) is 5.52 Å². The van der Waals surface area contributed by atoms with Crippen LogP contribution in [0.4, 0.5) is 4.39 Å². The molecule has 0 saturated carbocycles. The van der Waals surface area contributed by atoms with Gasteiger partial charge < -0.3 is 4.57 Å². The Morgan fingerprint density at radius 3 is 2.65 bits per heavy atom. The van der Waals surface area contributed by atoms with Gasteiger partial charge in [-0.25, -0.2) is 9.37 Å². The van der Waals surface area contributed by atoms with E-state index in [2.05, 4.69) is 4.98 Å². The first-order valence-electron chi connectivity index (χ1n) is 5.48. The van der Waals surface area contributed by atoms with Crippen LogP contribution in [0.25, 0.3) is 11.0 Å². The van der Waals surface area contributed by atoms with Crippen molar-refractivity contribution >= 4 is 11.0 Å². The van der Waals surface area contributed by atoms with Crippen LogP contribution in [-0.4, -0.2) is 9.55 Å². The number of rotatable bonds is 2. The Balaban J connectivity index is 2.05. The van der Waals surface area contributed by atoms with Crippen LogP contribution >= 0.6 is 0 Å². The van der Waals surface area contributed by atoms with Gasteiger partial charge in [-0.3, -0.25) is 0 Å². The standard InChI is InChI=1S/C14H11FN2/c15-12-7-4-8-13-14(12)16-10-17(13)9-11-5-2-1-3-6-11/h1-8,10H,9H2. The van der Waals surface area contributed by atoms with Crippen LogP contribution in [0.3, 0.4) is 0 Å². The highest BCUT2D eigenvalue weighted by Crippen LogP contribution is 2.17. The van der Waals surface area contributed by atoms with E-state index in [1.165, 1.54) is 11.6 Å². The van der Waals surface area contributed by atoms with Crippen molar-refractivity contribution in [1.82, 2.24) is 9.55 Å². The second kappa shape index (κ2) is 4.01. The van der Waals surface area contributed by atoms with Gasteiger partial charge in [-0.15, -0.1) is 0 Å². The minimum absolute atomic E-state index is 0.269. The summed E-state index contributed by atoms with van der Waals surface area (Å²) in [6, 6.07) is 15.1. The fraction of sp³-hybridized carbons (Fsp3) is 0.0714. The number of hydrogen-bond donors (Lipinski definition) is 0. The molecule has 0 unspecified atom stereocenters. The molecular weight excluding hydrogens is 215 g/mol. The van der Waals surface area contributed by atoms with E-state index in [1.807, 2.05) is 41.0 Å². The maximum absolute atomic E-state index is 13.5. The summed E-state index contributed by atoms with van der Waals surface area (Å²) in [5.74, 6) is -0.269. The molecule has 0 fully saturated rings. The van der Waals surface area contributed by atoms with Crippen molar-refractivity contribution < 1.29 is 4.39 Å². The molecular formula is C14H11FN2. The summed E-state index contributed by atoms with van der Waals surface area (Å²) in [5.41, 5.74) is 2.44. The summed E-state index contributed by atoms with van der Waals surface area (Å²) in [6.07, 6.45) is 1.68. The molecule has 0 aliphatic heterocycles. The van der Waals surface area contributed by atoms with Gasteiger partial charge in [0.2, 0.25) is 0 Å². The molecule has 2 nitrogen and oxygen atoms in total. The highest BCUT2D eigenvalue weighted by Gasteiger charge is 2.06. The average molecular weight is 226 g/mol. The molecule has 3 rings (SSSR count). The van der Waals surface area contributed by atoms with Crippen molar-refractivity contribution in [3.63, 3.8) is 0 Å². The van der Waals surface area contributed by atoms with Crippen molar-refractivity contribution in [2.45, 2.75) is 6.54 Å². The van der Waals surface area contributed by atoms with E-state index < -0.39 is 0 Å². The zero-order chi connectivity index (χ0) is 11.7. The van der Waals surface area contributed by atoms with Gasteiger partial charge in [0.15, 0.2) is 5.82 Å². The lowest BCUT2D eigenvalue weighted by atomic mass is 10.2. The van der Waals surface area contributed by atoms with Crippen molar-refractivity contribution in [3.05, 3.63) is 66.2 Å². The number of nitrogens with zero attached hydrogens (tertiary/aromatic N) is 2. The smallest absolute Gasteiger partial charge is 0.151 e. The minimum atomic E-state index is -0.269. The Hall–Kier alpha value is -2.16. The first-order valence-corrected chi connectivity index (χ1v) is 5.48. The molecule has 3 aromatic rings. The molecule has 0 aliphatic rings. The zero-order valence-electron chi connectivity index (χ0n) is 9.18. The lowest BCUT2D eigenvalue weighted by Crippen LogP contribution is -1.97. The molecule has 3 heteroatoms. The zero-order valence-corrected chi connectivity index (χ0v) is 9.18. The van der Waals surface area contributed by atoms with Crippen molar-refractivity contribution in [1.29, 1.82) is 0 Å². The first kappa shape index (κ1) is 10.0. The Labute approximate surface area is 98.3 Å². The Morgan fingerprint density at radius 1 is 1.00 bits per heavy atom. The van der Waals surface area contributed by atoms with Gasteiger partial charge in [0.25, 0.3) is 0 Å². The summed E-state index contributed by atoms with van der Waals surface area (Å²) < 4.78 is 15.4. The topological polar surface area (TPSA) is 17.8 Å². The SMILES string of the molecule is Fc1cccc2c1ncn2Cc1ccccc1. The van der Waals surface area contributed by atoms with E-state index in [9.17, 15) is 4.39 Å². The molecule has 0 atom stereocenters. The third-order valence-electron chi connectivity index (χ3n) is 2.80. The average Bonchev–Trinajstić information content (AvgIpc) is 2.76. The van der Waals surface area contributed by atoms with Crippen LogP contribution in [-0.2, 0) is 6.54 Å². The van der Waals surface area contributed by atoms with Gasteiger partial charge in [0.1, 0.15) is 5.52 Å². The van der Waals surface area contributed by atoms with Crippen LogP contribution in [0.2, 0.25) is 0 Å². The van der Waals surface area contributed by atoms with Crippen LogP contribution in [0.5, 0.6) is 0 Å². The number of hydrogen-bond acceptors (Lipinski definition) is 1. The Bertz CT molecular complexity index is 644. The van der Waals surface area contributed by atoms with Crippen molar-refractivity contribution in [3.8, 4) is 0 Å². The fourth-order valence-electron chi connectivity index (χ4n) is 1.96. The Morgan fingerprint density at radius 2 is 1.82 bits per heavy atom. The summed E-state index contributed by atoms with van der Waals surface area (Å²) in [5, 5.41) is 0. The van der Waals surface area contributed by atoms with E-state index in [0.29, 0.717) is 12.1 Å². The van der Waals surface area contributed by atoms with Crippen LogP contribution < -0.4 is 0 Å². The molecule has 0 spiro atoms. The van der Waals surface area contributed by atoms with Crippen LogP contribution in [0.1, 0.15) is 5.56 Å². The molecule has 0 N–H and O–H groups in total. The van der Waals surface area contributed by atoms with Crippen molar-refractivity contribution in [2.24, 2.45) is 0 Å². The lowest BCUT2D eigenvalue weighted by molar-refractivity contribution is 0.637. The quantitative estimate of drug-likeness (QED) is 0.656. The second-order valence-corrected chi connectivity index (χ2v) is 3.97. The molecule has 1 aromatic heterocycles. The number of fused-ring (bicyclic) bond motifs is 1. The van der Waals surface area contributed by atoms with E-state index >= 15 is 0 Å². The minimum Gasteiger partial charge on any atom is -0.326 e. The summed E-state index contributed by atoms with van der Waals surface area (Å²) in [4.78, 5) is 4.10. The van der Waals surface area contributed by atoms with Gasteiger partial charge in [-0.2, -0.15) is 0 Å². The van der Waals surface area contributed by atoms with Crippen LogP contribution in [0, 0.1) is 5.82 Å². The van der Waals surface area contributed by atoms with Gasteiger partial charge >= 0.3 is 0 Å². The van der Waals surface area contributed by atoms with E-state index in [-0.39, 0.29) is 5.82 Å². The fourth-order valence-corrected chi connectivity index (χ4v) is 1.96. The predicted octanol–water partition coefficient (Wildman–Crippen LogP) is 3.22. The third kappa shape index (κ3) is 1.80. The second-order valence-electron chi connectivity index (χ2n) is 3.97. The molecule has 84 valence electrons. The predicted molar refractivity (Wildman–Crippen MR) is 65.2 cm³/mol. The largest absolute Gasteiger partial charge is 0.326 e. The highest BCUT2D eigenvalue weighted by atomic mass is 19.1. The summed E-state index contributed by atoms with van der Waals surface area (Å²) in [7, 11) is 0. The normalized spacial score (nSPS) is 10.9. The molecule has 2 aromatic carbocycles. The van der Waals surface area contributed by atoms with Gasteiger partial charge in [0, 0.05) is 6.54 Å². The number of halogens is 1. The molecule has 0 saturated heterocycles. The number of aromatic nitrogens is 2. The number of benzene rings is 2. The first-order chi connectivity index (χ1) is 8.34. The third-order valence-corrected chi connectivity index (χ3v) is 2.80. The Kier molecular flexibility index (Phi) is 2.37. The number of para-hydroxylation sites is 1. The molecule has 1 heterocycles.